The summed E-state index contributed by atoms with van der Waals surface area (Å²) < 4.78 is 38.3. The third kappa shape index (κ3) is 4.86. The van der Waals surface area contributed by atoms with Crippen molar-refractivity contribution >= 4 is 33.9 Å². The molecular formula is C18H18F3N5O2S. The quantitative estimate of drug-likeness (QED) is 0.559. The summed E-state index contributed by atoms with van der Waals surface area (Å²) >= 11 is 1.03. The maximum atomic E-state index is 12.5. The molecule has 0 atom stereocenters. The van der Waals surface area contributed by atoms with E-state index in [1.807, 2.05) is 6.92 Å². The highest BCUT2D eigenvalue weighted by Gasteiger charge is 2.29. The molecule has 0 aliphatic rings. The van der Waals surface area contributed by atoms with Gasteiger partial charge < -0.3 is 15.7 Å². The highest BCUT2D eigenvalue weighted by Crippen LogP contribution is 2.30. The van der Waals surface area contributed by atoms with Gasteiger partial charge in [0, 0.05) is 17.3 Å². The molecule has 2 heterocycles. The lowest BCUT2D eigenvalue weighted by Crippen LogP contribution is -2.18. The van der Waals surface area contributed by atoms with E-state index in [4.69, 9.17) is 0 Å². The Labute approximate surface area is 168 Å². The average Bonchev–Trinajstić information content (AvgIpc) is 3.21. The number of aryl methyl sites for hydroxylation is 2. The fourth-order valence-corrected chi connectivity index (χ4v) is 3.36. The van der Waals surface area contributed by atoms with Gasteiger partial charge in [0.1, 0.15) is 17.2 Å². The summed E-state index contributed by atoms with van der Waals surface area (Å²) in [4.78, 5) is 16.9. The molecule has 0 bridgehead atoms. The number of alkyl halides is 3. The van der Waals surface area contributed by atoms with Crippen LogP contribution in [0.15, 0.2) is 24.5 Å². The van der Waals surface area contributed by atoms with Crippen molar-refractivity contribution in [3.05, 3.63) is 46.1 Å². The van der Waals surface area contributed by atoms with E-state index in [0.717, 1.165) is 21.6 Å². The number of anilines is 3. The summed E-state index contributed by atoms with van der Waals surface area (Å²) in [6.07, 6.45) is -1.73. The van der Waals surface area contributed by atoms with E-state index in [9.17, 15) is 23.1 Å². The second kappa shape index (κ2) is 7.74. The van der Waals surface area contributed by atoms with Crippen LogP contribution in [0.25, 0.3) is 0 Å². The number of amides is 1. The molecule has 0 unspecified atom stereocenters. The third-order valence-corrected chi connectivity index (χ3v) is 5.04. The zero-order valence-electron chi connectivity index (χ0n) is 15.8. The Hall–Kier alpha value is -3.08. The van der Waals surface area contributed by atoms with Crippen LogP contribution in [0.4, 0.5) is 29.8 Å². The summed E-state index contributed by atoms with van der Waals surface area (Å²) in [5, 5.41) is 19.6. The smallest absolute Gasteiger partial charge is 0.408 e. The van der Waals surface area contributed by atoms with Crippen LogP contribution in [0.2, 0.25) is 0 Å². The first kappa shape index (κ1) is 20.6. The number of nitrogens with one attached hydrogen (secondary N) is 2. The van der Waals surface area contributed by atoms with Gasteiger partial charge in [0.05, 0.1) is 11.9 Å². The Bertz CT molecular complexity index is 1060. The largest absolute Gasteiger partial charge is 0.508 e. The van der Waals surface area contributed by atoms with Gasteiger partial charge in [0.2, 0.25) is 0 Å². The van der Waals surface area contributed by atoms with E-state index < -0.39 is 18.6 Å². The molecule has 0 saturated heterocycles. The van der Waals surface area contributed by atoms with Crippen LogP contribution in [-0.2, 0) is 6.54 Å². The van der Waals surface area contributed by atoms with Crippen LogP contribution in [0.5, 0.6) is 5.75 Å². The molecule has 0 saturated carbocycles. The molecule has 2 aromatic heterocycles. The third-order valence-electron chi connectivity index (χ3n) is 4.12. The van der Waals surface area contributed by atoms with Crippen LogP contribution < -0.4 is 10.6 Å². The van der Waals surface area contributed by atoms with Gasteiger partial charge in [-0.3, -0.25) is 9.48 Å². The predicted octanol–water partition coefficient (Wildman–Crippen LogP) is 4.53. The van der Waals surface area contributed by atoms with E-state index in [1.54, 1.807) is 26.0 Å². The van der Waals surface area contributed by atoms with Crippen molar-refractivity contribution in [3.63, 3.8) is 0 Å². The number of thiazole rings is 1. The summed E-state index contributed by atoms with van der Waals surface area (Å²) in [5.74, 6) is -0.107. The van der Waals surface area contributed by atoms with Crippen molar-refractivity contribution in [1.82, 2.24) is 14.8 Å². The Morgan fingerprint density at radius 2 is 1.97 bits per heavy atom. The second-order valence-electron chi connectivity index (χ2n) is 6.48. The molecular weight excluding hydrogens is 407 g/mol. The number of phenols is 1. The van der Waals surface area contributed by atoms with Gasteiger partial charge in [-0.05, 0) is 32.4 Å². The summed E-state index contributed by atoms with van der Waals surface area (Å²) in [5.41, 5.74) is 2.37. The first-order chi connectivity index (χ1) is 13.5. The monoisotopic (exact) mass is 425 g/mol. The SMILES string of the molecule is Cc1cn(CC(F)(F)F)nc1Nc1ncc(C(=O)Nc2c(C)ccc(O)c2C)s1. The van der Waals surface area contributed by atoms with Gasteiger partial charge in [-0.15, -0.1) is 0 Å². The van der Waals surface area contributed by atoms with Crippen LogP contribution in [0.3, 0.4) is 0 Å². The number of aromatic hydroxyl groups is 1. The Morgan fingerprint density at radius 1 is 1.24 bits per heavy atom. The van der Waals surface area contributed by atoms with Gasteiger partial charge in [-0.1, -0.05) is 17.4 Å². The van der Waals surface area contributed by atoms with Crippen LogP contribution in [-0.4, -0.2) is 32.0 Å². The van der Waals surface area contributed by atoms with Crippen molar-refractivity contribution in [3.8, 4) is 5.75 Å². The first-order valence-electron chi connectivity index (χ1n) is 8.47. The van der Waals surface area contributed by atoms with Crippen LogP contribution >= 0.6 is 11.3 Å². The summed E-state index contributed by atoms with van der Waals surface area (Å²) in [7, 11) is 0. The van der Waals surface area contributed by atoms with Crippen molar-refractivity contribution in [2.24, 2.45) is 0 Å². The molecule has 0 aliphatic carbocycles. The normalized spacial score (nSPS) is 11.5. The number of carbonyl (C=O) groups excluding carboxylic acids is 1. The molecule has 0 aliphatic heterocycles. The zero-order chi connectivity index (χ0) is 21.3. The molecule has 1 amide bonds. The maximum absolute atomic E-state index is 12.5. The van der Waals surface area contributed by atoms with Crippen molar-refractivity contribution in [2.75, 3.05) is 10.6 Å². The maximum Gasteiger partial charge on any atom is 0.408 e. The number of hydrogen-bond donors (Lipinski definition) is 3. The fourth-order valence-electron chi connectivity index (χ4n) is 2.65. The van der Waals surface area contributed by atoms with Crippen molar-refractivity contribution in [1.29, 1.82) is 0 Å². The first-order valence-corrected chi connectivity index (χ1v) is 9.29. The number of halogens is 3. The molecule has 0 fully saturated rings. The topological polar surface area (TPSA) is 92.1 Å². The molecule has 11 heteroatoms. The van der Waals surface area contributed by atoms with Gasteiger partial charge in [0.25, 0.3) is 5.91 Å². The number of phenolic OH excluding ortho intramolecular Hbond substituents is 1. The highest BCUT2D eigenvalue weighted by atomic mass is 32.1. The highest BCUT2D eigenvalue weighted by molar-refractivity contribution is 7.17. The molecule has 0 spiro atoms. The number of rotatable bonds is 5. The van der Waals surface area contributed by atoms with E-state index in [0.29, 0.717) is 26.8 Å². The Kier molecular flexibility index (Phi) is 5.51. The van der Waals surface area contributed by atoms with Crippen molar-refractivity contribution in [2.45, 2.75) is 33.5 Å². The predicted molar refractivity (Wildman–Crippen MR) is 104 cm³/mol. The second-order valence-corrected chi connectivity index (χ2v) is 7.51. The molecule has 29 heavy (non-hydrogen) atoms. The van der Waals surface area contributed by atoms with Gasteiger partial charge in [0.15, 0.2) is 10.9 Å². The van der Waals surface area contributed by atoms with Gasteiger partial charge >= 0.3 is 6.18 Å². The van der Waals surface area contributed by atoms with Gasteiger partial charge in [-0.25, -0.2) is 4.98 Å². The van der Waals surface area contributed by atoms with Crippen LogP contribution in [0, 0.1) is 20.8 Å². The number of carbonyl (C=O) groups is 1. The van der Waals surface area contributed by atoms with E-state index in [1.165, 1.54) is 12.4 Å². The zero-order valence-corrected chi connectivity index (χ0v) is 16.6. The Balaban J connectivity index is 1.73. The summed E-state index contributed by atoms with van der Waals surface area (Å²) in [6.45, 7) is 3.93. The number of nitrogens with zero attached hydrogens (tertiary/aromatic N) is 3. The molecule has 0 radical (unpaired) electrons. The Morgan fingerprint density at radius 3 is 2.66 bits per heavy atom. The summed E-state index contributed by atoms with van der Waals surface area (Å²) in [6, 6.07) is 3.24. The number of hydrogen-bond acceptors (Lipinski definition) is 6. The average molecular weight is 425 g/mol. The molecule has 154 valence electrons. The molecule has 3 N–H and O–H groups in total. The van der Waals surface area contributed by atoms with Gasteiger partial charge in [-0.2, -0.15) is 18.3 Å². The molecule has 1 aromatic carbocycles. The van der Waals surface area contributed by atoms with Crippen molar-refractivity contribution < 1.29 is 23.1 Å². The molecule has 3 rings (SSSR count). The minimum Gasteiger partial charge on any atom is -0.508 e. The lowest BCUT2D eigenvalue weighted by molar-refractivity contribution is -0.142. The lowest BCUT2D eigenvalue weighted by Gasteiger charge is -2.11. The van der Waals surface area contributed by atoms with E-state index in [-0.39, 0.29) is 11.6 Å². The standard InChI is InChI=1S/C18H18F3N5O2S/c1-9-4-5-12(27)11(3)14(9)23-16(28)13-6-22-17(29-13)24-15-10(2)7-26(25-15)8-18(19,20)21/h4-7,27H,8H2,1-3H3,(H,23,28)(H,22,24,25). The fraction of sp³-hybridized carbons (Fsp3) is 0.278. The number of aromatic nitrogens is 3. The number of benzene rings is 1. The lowest BCUT2D eigenvalue weighted by atomic mass is 10.1. The minimum atomic E-state index is -4.37. The van der Waals surface area contributed by atoms with E-state index in [2.05, 4.69) is 20.7 Å². The minimum absolute atomic E-state index is 0.0717. The molecule has 7 nitrogen and oxygen atoms in total. The van der Waals surface area contributed by atoms with E-state index >= 15 is 0 Å². The molecule has 3 aromatic rings. The van der Waals surface area contributed by atoms with Crippen LogP contribution in [0.1, 0.15) is 26.4 Å².